The molecular formula is C17H26FN. The zero-order valence-corrected chi connectivity index (χ0v) is 12.2. The minimum atomic E-state index is -0.0826. The maximum absolute atomic E-state index is 13.6. The Bertz CT molecular complexity index is 382. The quantitative estimate of drug-likeness (QED) is 0.776. The van der Waals surface area contributed by atoms with Gasteiger partial charge in [-0.2, -0.15) is 0 Å². The average molecular weight is 263 g/mol. The minimum absolute atomic E-state index is 0.0826. The Hall–Kier alpha value is -0.890. The van der Waals surface area contributed by atoms with Gasteiger partial charge in [-0.05, 0) is 74.4 Å². The number of nitrogens with one attached hydrogen (secondary N) is 1. The van der Waals surface area contributed by atoms with E-state index in [-0.39, 0.29) is 5.82 Å². The Balaban J connectivity index is 2.09. The van der Waals surface area contributed by atoms with E-state index in [1.165, 1.54) is 37.7 Å². The van der Waals surface area contributed by atoms with E-state index in [0.29, 0.717) is 11.8 Å². The molecule has 1 saturated carbocycles. The van der Waals surface area contributed by atoms with Crippen molar-refractivity contribution in [2.45, 2.75) is 51.9 Å². The van der Waals surface area contributed by atoms with Crippen LogP contribution in [0.1, 0.15) is 56.1 Å². The Kier molecular flexibility index (Phi) is 5.38. The standard InChI is InChI=1S/C17H26FN/c1-3-8-19-12-14-6-4-5-7-17(14)15-9-13(2)10-16(18)11-15/h9-11,14,17,19H,3-8,12H2,1-2H3. The SMILES string of the molecule is CCCNCC1CCCCC1c1cc(C)cc(F)c1. The first-order chi connectivity index (χ1) is 9.20. The molecule has 1 N–H and O–H groups in total. The van der Waals surface area contributed by atoms with Gasteiger partial charge >= 0.3 is 0 Å². The van der Waals surface area contributed by atoms with Gasteiger partial charge in [0.15, 0.2) is 0 Å². The van der Waals surface area contributed by atoms with E-state index in [9.17, 15) is 4.39 Å². The fraction of sp³-hybridized carbons (Fsp3) is 0.647. The van der Waals surface area contributed by atoms with Crippen molar-refractivity contribution in [1.82, 2.24) is 5.32 Å². The molecular weight excluding hydrogens is 237 g/mol. The molecule has 1 nitrogen and oxygen atoms in total. The van der Waals surface area contributed by atoms with Gasteiger partial charge in [-0.15, -0.1) is 0 Å². The summed E-state index contributed by atoms with van der Waals surface area (Å²) in [4.78, 5) is 0. The minimum Gasteiger partial charge on any atom is -0.316 e. The largest absolute Gasteiger partial charge is 0.316 e. The van der Waals surface area contributed by atoms with Crippen LogP contribution in [0.3, 0.4) is 0 Å². The first kappa shape index (κ1) is 14.5. The third kappa shape index (κ3) is 4.04. The van der Waals surface area contributed by atoms with Gasteiger partial charge in [-0.1, -0.05) is 25.8 Å². The van der Waals surface area contributed by atoms with Crippen molar-refractivity contribution in [2.24, 2.45) is 5.92 Å². The molecule has 1 aliphatic carbocycles. The monoisotopic (exact) mass is 263 g/mol. The molecule has 0 heterocycles. The molecule has 1 aromatic carbocycles. The van der Waals surface area contributed by atoms with Crippen molar-refractivity contribution in [1.29, 1.82) is 0 Å². The van der Waals surface area contributed by atoms with Gasteiger partial charge in [0.05, 0.1) is 0 Å². The fourth-order valence-electron chi connectivity index (χ4n) is 3.33. The molecule has 19 heavy (non-hydrogen) atoms. The van der Waals surface area contributed by atoms with Gasteiger partial charge in [0, 0.05) is 0 Å². The predicted octanol–water partition coefficient (Wildman–Crippen LogP) is 4.41. The van der Waals surface area contributed by atoms with Gasteiger partial charge < -0.3 is 5.32 Å². The summed E-state index contributed by atoms with van der Waals surface area (Å²) in [5, 5.41) is 3.54. The van der Waals surface area contributed by atoms with Crippen molar-refractivity contribution < 1.29 is 4.39 Å². The van der Waals surface area contributed by atoms with Gasteiger partial charge in [0.2, 0.25) is 0 Å². The number of hydrogen-bond donors (Lipinski definition) is 1. The van der Waals surface area contributed by atoms with Crippen molar-refractivity contribution in [3.63, 3.8) is 0 Å². The fourth-order valence-corrected chi connectivity index (χ4v) is 3.33. The number of rotatable bonds is 5. The second-order valence-electron chi connectivity index (χ2n) is 5.92. The summed E-state index contributed by atoms with van der Waals surface area (Å²) in [5.41, 5.74) is 2.25. The lowest BCUT2D eigenvalue weighted by Gasteiger charge is -2.32. The smallest absolute Gasteiger partial charge is 0.123 e. The van der Waals surface area contributed by atoms with Crippen LogP contribution in [0.5, 0.6) is 0 Å². The van der Waals surface area contributed by atoms with Crippen LogP contribution in [0.2, 0.25) is 0 Å². The summed E-state index contributed by atoms with van der Waals surface area (Å²) in [6.07, 6.45) is 6.27. The lowest BCUT2D eigenvalue weighted by Crippen LogP contribution is -2.30. The molecule has 2 heteroatoms. The van der Waals surface area contributed by atoms with E-state index in [2.05, 4.69) is 18.3 Å². The number of benzene rings is 1. The van der Waals surface area contributed by atoms with Crippen LogP contribution in [0.25, 0.3) is 0 Å². The second-order valence-corrected chi connectivity index (χ2v) is 5.92. The summed E-state index contributed by atoms with van der Waals surface area (Å²) < 4.78 is 13.6. The van der Waals surface area contributed by atoms with Crippen LogP contribution in [0.15, 0.2) is 18.2 Å². The topological polar surface area (TPSA) is 12.0 Å². The molecule has 2 atom stereocenters. The molecule has 1 fully saturated rings. The van der Waals surface area contributed by atoms with Crippen LogP contribution >= 0.6 is 0 Å². The summed E-state index contributed by atoms with van der Waals surface area (Å²) in [6, 6.07) is 5.54. The number of halogens is 1. The molecule has 0 saturated heterocycles. The summed E-state index contributed by atoms with van der Waals surface area (Å²) in [5.74, 6) is 1.12. The molecule has 106 valence electrons. The Morgan fingerprint density at radius 3 is 2.74 bits per heavy atom. The predicted molar refractivity (Wildman–Crippen MR) is 79.0 cm³/mol. The third-order valence-corrected chi connectivity index (χ3v) is 4.23. The lowest BCUT2D eigenvalue weighted by atomic mass is 9.75. The first-order valence-electron chi connectivity index (χ1n) is 7.68. The number of hydrogen-bond acceptors (Lipinski definition) is 1. The highest BCUT2D eigenvalue weighted by Gasteiger charge is 2.26. The second kappa shape index (κ2) is 7.04. The van der Waals surface area contributed by atoms with Crippen molar-refractivity contribution in [3.05, 3.63) is 35.1 Å². The molecule has 2 rings (SSSR count). The van der Waals surface area contributed by atoms with E-state index >= 15 is 0 Å². The molecule has 0 aromatic heterocycles. The Morgan fingerprint density at radius 1 is 1.21 bits per heavy atom. The van der Waals surface area contributed by atoms with Gasteiger partial charge in [0.1, 0.15) is 5.82 Å². The van der Waals surface area contributed by atoms with E-state index in [0.717, 1.165) is 18.7 Å². The van der Waals surface area contributed by atoms with Crippen LogP contribution in [0.4, 0.5) is 4.39 Å². The molecule has 1 aromatic rings. The zero-order valence-electron chi connectivity index (χ0n) is 12.2. The average Bonchev–Trinajstić information content (AvgIpc) is 2.38. The van der Waals surface area contributed by atoms with Crippen LogP contribution < -0.4 is 5.32 Å². The maximum atomic E-state index is 13.6. The van der Waals surface area contributed by atoms with E-state index in [4.69, 9.17) is 0 Å². The van der Waals surface area contributed by atoms with Gasteiger partial charge in [0.25, 0.3) is 0 Å². The van der Waals surface area contributed by atoms with Crippen molar-refractivity contribution in [2.75, 3.05) is 13.1 Å². The third-order valence-electron chi connectivity index (χ3n) is 4.23. The highest BCUT2D eigenvalue weighted by atomic mass is 19.1. The van der Waals surface area contributed by atoms with E-state index in [1.807, 2.05) is 6.92 Å². The summed E-state index contributed by atoms with van der Waals surface area (Å²) >= 11 is 0. The maximum Gasteiger partial charge on any atom is 0.123 e. The lowest BCUT2D eigenvalue weighted by molar-refractivity contribution is 0.295. The first-order valence-corrected chi connectivity index (χ1v) is 7.68. The highest BCUT2D eigenvalue weighted by Crippen LogP contribution is 2.38. The van der Waals surface area contributed by atoms with Gasteiger partial charge in [-0.25, -0.2) is 4.39 Å². The van der Waals surface area contributed by atoms with E-state index < -0.39 is 0 Å². The molecule has 0 aliphatic heterocycles. The Labute approximate surface area is 116 Å². The molecule has 0 bridgehead atoms. The number of aryl methyl sites for hydroxylation is 1. The van der Waals surface area contributed by atoms with Crippen LogP contribution in [0, 0.1) is 18.7 Å². The molecule has 2 unspecified atom stereocenters. The highest BCUT2D eigenvalue weighted by molar-refractivity contribution is 5.27. The van der Waals surface area contributed by atoms with Crippen molar-refractivity contribution in [3.8, 4) is 0 Å². The summed E-state index contributed by atoms with van der Waals surface area (Å²) in [6.45, 7) is 6.35. The Morgan fingerprint density at radius 2 is 2.00 bits per heavy atom. The molecule has 1 aliphatic rings. The normalized spacial score (nSPS) is 23.5. The van der Waals surface area contributed by atoms with Gasteiger partial charge in [-0.3, -0.25) is 0 Å². The zero-order chi connectivity index (χ0) is 13.7. The molecule has 0 radical (unpaired) electrons. The molecule has 0 amide bonds. The van der Waals surface area contributed by atoms with Crippen molar-refractivity contribution >= 4 is 0 Å². The van der Waals surface area contributed by atoms with Crippen LogP contribution in [-0.4, -0.2) is 13.1 Å². The van der Waals surface area contributed by atoms with Crippen LogP contribution in [-0.2, 0) is 0 Å². The van der Waals surface area contributed by atoms with E-state index in [1.54, 1.807) is 12.1 Å². The summed E-state index contributed by atoms with van der Waals surface area (Å²) in [7, 11) is 0. The molecule has 0 spiro atoms.